The van der Waals surface area contributed by atoms with Crippen molar-refractivity contribution < 1.29 is 4.79 Å². The van der Waals surface area contributed by atoms with Crippen LogP contribution in [-0.4, -0.2) is 42.1 Å². The Balaban J connectivity index is 1.50. The van der Waals surface area contributed by atoms with E-state index in [-0.39, 0.29) is 12.1 Å². The maximum Gasteiger partial charge on any atom is 0.317 e. The van der Waals surface area contributed by atoms with Gasteiger partial charge in [0.2, 0.25) is 0 Å². The second-order valence-corrected chi connectivity index (χ2v) is 6.85. The van der Waals surface area contributed by atoms with Gasteiger partial charge in [-0.2, -0.15) is 0 Å². The Kier molecular flexibility index (Phi) is 6.10. The van der Waals surface area contributed by atoms with Gasteiger partial charge in [0.1, 0.15) is 0 Å². The molecule has 1 aromatic heterocycles. The van der Waals surface area contributed by atoms with Gasteiger partial charge in [-0.25, -0.2) is 4.79 Å². The fraction of sp³-hybridized carbons (Fsp3) is 0.429. The summed E-state index contributed by atoms with van der Waals surface area (Å²) < 4.78 is 0. The van der Waals surface area contributed by atoms with Crippen molar-refractivity contribution in [3.63, 3.8) is 0 Å². The molecule has 1 aliphatic heterocycles. The molecule has 0 unspecified atom stereocenters. The SMILES string of the molecule is CCCc1ccc([C@@H](C)NC(=O)N2CCN(c3cccnc3)CC2)cc1. The molecule has 5 nitrogen and oxygen atoms in total. The van der Waals surface area contributed by atoms with Crippen molar-refractivity contribution in [1.82, 2.24) is 15.2 Å². The standard InChI is InChI=1S/C21H28N4O/c1-3-5-18-7-9-19(10-8-18)17(2)23-21(26)25-14-12-24(13-15-25)20-6-4-11-22-16-20/h4,6-11,16-17H,3,5,12-15H2,1-2H3,(H,23,26)/t17-/m1/s1. The molecule has 26 heavy (non-hydrogen) atoms. The van der Waals surface area contributed by atoms with Crippen LogP contribution in [0.1, 0.15) is 37.4 Å². The zero-order valence-corrected chi connectivity index (χ0v) is 15.7. The Morgan fingerprint density at radius 2 is 1.88 bits per heavy atom. The molecule has 0 saturated carbocycles. The summed E-state index contributed by atoms with van der Waals surface area (Å²) in [5.41, 5.74) is 3.61. The van der Waals surface area contributed by atoms with E-state index in [1.54, 1.807) is 6.20 Å². The van der Waals surface area contributed by atoms with Crippen molar-refractivity contribution in [3.8, 4) is 0 Å². The quantitative estimate of drug-likeness (QED) is 0.894. The second kappa shape index (κ2) is 8.70. The van der Waals surface area contributed by atoms with E-state index in [9.17, 15) is 4.79 Å². The lowest BCUT2D eigenvalue weighted by Gasteiger charge is -2.36. The molecule has 138 valence electrons. The summed E-state index contributed by atoms with van der Waals surface area (Å²) >= 11 is 0. The molecule has 1 atom stereocenters. The van der Waals surface area contributed by atoms with Crippen LogP contribution in [0.5, 0.6) is 0 Å². The van der Waals surface area contributed by atoms with Crippen molar-refractivity contribution in [2.75, 3.05) is 31.1 Å². The summed E-state index contributed by atoms with van der Waals surface area (Å²) in [4.78, 5) is 20.9. The molecule has 1 aliphatic rings. The predicted molar refractivity (Wildman–Crippen MR) is 105 cm³/mol. The predicted octanol–water partition coefficient (Wildman–Crippen LogP) is 3.63. The highest BCUT2D eigenvalue weighted by molar-refractivity contribution is 5.75. The van der Waals surface area contributed by atoms with Crippen molar-refractivity contribution in [2.24, 2.45) is 0 Å². The third-order valence-electron chi connectivity index (χ3n) is 4.94. The summed E-state index contributed by atoms with van der Waals surface area (Å²) in [7, 11) is 0. The van der Waals surface area contributed by atoms with Crippen molar-refractivity contribution in [3.05, 3.63) is 59.9 Å². The molecule has 3 rings (SSSR count). The largest absolute Gasteiger partial charge is 0.367 e. The van der Waals surface area contributed by atoms with Crippen LogP contribution in [0.4, 0.5) is 10.5 Å². The molecule has 1 fully saturated rings. The van der Waals surface area contributed by atoms with Gasteiger partial charge < -0.3 is 15.1 Å². The van der Waals surface area contributed by atoms with E-state index in [4.69, 9.17) is 0 Å². The third kappa shape index (κ3) is 4.54. The fourth-order valence-electron chi connectivity index (χ4n) is 3.33. The van der Waals surface area contributed by atoms with Crippen LogP contribution < -0.4 is 10.2 Å². The molecular weight excluding hydrogens is 324 g/mol. The summed E-state index contributed by atoms with van der Waals surface area (Å²) in [6, 6.07) is 12.6. The average molecular weight is 352 g/mol. The van der Waals surface area contributed by atoms with Crippen molar-refractivity contribution in [2.45, 2.75) is 32.7 Å². The lowest BCUT2D eigenvalue weighted by atomic mass is 10.0. The van der Waals surface area contributed by atoms with Crippen LogP contribution in [0.2, 0.25) is 0 Å². The Bertz CT molecular complexity index is 694. The summed E-state index contributed by atoms with van der Waals surface area (Å²) in [6.45, 7) is 7.34. The number of anilines is 1. The number of aryl methyl sites for hydroxylation is 1. The zero-order chi connectivity index (χ0) is 18.4. The van der Waals surface area contributed by atoms with Crippen LogP contribution in [0.3, 0.4) is 0 Å². The number of rotatable bonds is 5. The Morgan fingerprint density at radius 3 is 2.50 bits per heavy atom. The first-order valence-electron chi connectivity index (χ1n) is 9.46. The first-order chi connectivity index (χ1) is 12.7. The number of urea groups is 1. The molecule has 2 heterocycles. The van der Waals surface area contributed by atoms with E-state index < -0.39 is 0 Å². The number of benzene rings is 1. The number of hydrogen-bond donors (Lipinski definition) is 1. The number of pyridine rings is 1. The van der Waals surface area contributed by atoms with Crippen LogP contribution in [-0.2, 0) is 6.42 Å². The number of aromatic nitrogens is 1. The Labute approximate surface area is 156 Å². The molecular formula is C21H28N4O. The average Bonchev–Trinajstić information content (AvgIpc) is 2.69. The van der Waals surface area contributed by atoms with Gasteiger partial charge in [0.05, 0.1) is 17.9 Å². The highest BCUT2D eigenvalue weighted by Gasteiger charge is 2.22. The van der Waals surface area contributed by atoms with Crippen LogP contribution in [0, 0.1) is 0 Å². The fourth-order valence-corrected chi connectivity index (χ4v) is 3.33. The topological polar surface area (TPSA) is 48.5 Å². The van der Waals surface area contributed by atoms with Gasteiger partial charge >= 0.3 is 6.03 Å². The van der Waals surface area contributed by atoms with E-state index in [1.807, 2.05) is 24.1 Å². The van der Waals surface area contributed by atoms with E-state index in [0.717, 1.165) is 50.3 Å². The first-order valence-corrected chi connectivity index (χ1v) is 9.46. The first kappa shape index (κ1) is 18.2. The van der Waals surface area contributed by atoms with Crippen molar-refractivity contribution in [1.29, 1.82) is 0 Å². The number of nitrogens with zero attached hydrogens (tertiary/aromatic N) is 3. The van der Waals surface area contributed by atoms with E-state index in [2.05, 4.69) is 52.5 Å². The number of piperazine rings is 1. The van der Waals surface area contributed by atoms with Crippen LogP contribution in [0.25, 0.3) is 0 Å². The van der Waals surface area contributed by atoms with Gasteiger partial charge in [0.25, 0.3) is 0 Å². The minimum Gasteiger partial charge on any atom is -0.367 e. The Morgan fingerprint density at radius 1 is 1.15 bits per heavy atom. The zero-order valence-electron chi connectivity index (χ0n) is 15.7. The van der Waals surface area contributed by atoms with Gasteiger partial charge in [-0.1, -0.05) is 37.6 Å². The highest BCUT2D eigenvalue weighted by atomic mass is 16.2. The van der Waals surface area contributed by atoms with Crippen molar-refractivity contribution >= 4 is 11.7 Å². The molecule has 2 amide bonds. The molecule has 1 N–H and O–H groups in total. The minimum absolute atomic E-state index is 0.00882. The van der Waals surface area contributed by atoms with E-state index in [1.165, 1.54) is 5.56 Å². The molecule has 0 aliphatic carbocycles. The smallest absolute Gasteiger partial charge is 0.317 e. The number of carbonyl (C=O) groups excluding carboxylic acids is 1. The molecule has 5 heteroatoms. The van der Waals surface area contributed by atoms with Crippen LogP contribution in [0.15, 0.2) is 48.8 Å². The summed E-state index contributed by atoms with van der Waals surface area (Å²) in [6.07, 6.45) is 5.91. The van der Waals surface area contributed by atoms with E-state index >= 15 is 0 Å². The number of nitrogens with one attached hydrogen (secondary N) is 1. The molecule has 1 aromatic carbocycles. The number of hydrogen-bond acceptors (Lipinski definition) is 3. The summed E-state index contributed by atoms with van der Waals surface area (Å²) in [5.74, 6) is 0. The molecule has 2 aromatic rings. The maximum absolute atomic E-state index is 12.6. The molecule has 0 bridgehead atoms. The summed E-state index contributed by atoms with van der Waals surface area (Å²) in [5, 5.41) is 3.13. The van der Waals surface area contributed by atoms with Gasteiger partial charge in [0.15, 0.2) is 0 Å². The highest BCUT2D eigenvalue weighted by Crippen LogP contribution is 2.17. The maximum atomic E-state index is 12.6. The number of carbonyl (C=O) groups is 1. The minimum atomic E-state index is 0.00882. The van der Waals surface area contributed by atoms with E-state index in [0.29, 0.717) is 0 Å². The second-order valence-electron chi connectivity index (χ2n) is 6.85. The monoisotopic (exact) mass is 352 g/mol. The van der Waals surface area contributed by atoms with Crippen LogP contribution >= 0.6 is 0 Å². The third-order valence-corrected chi connectivity index (χ3v) is 4.94. The number of amides is 2. The van der Waals surface area contributed by atoms with Gasteiger partial charge in [-0.05, 0) is 36.6 Å². The molecule has 0 radical (unpaired) electrons. The van der Waals surface area contributed by atoms with Gasteiger partial charge in [-0.15, -0.1) is 0 Å². The van der Waals surface area contributed by atoms with Gasteiger partial charge in [-0.3, -0.25) is 4.98 Å². The lowest BCUT2D eigenvalue weighted by molar-refractivity contribution is 0.191. The molecule has 0 spiro atoms. The lowest BCUT2D eigenvalue weighted by Crippen LogP contribution is -2.52. The normalized spacial score (nSPS) is 15.6. The van der Waals surface area contributed by atoms with Gasteiger partial charge in [0, 0.05) is 32.4 Å². The molecule has 1 saturated heterocycles. The Hall–Kier alpha value is -2.56.